The summed E-state index contributed by atoms with van der Waals surface area (Å²) >= 11 is 1.48. The molecular weight excluding hydrogens is 308 g/mol. The fourth-order valence-electron chi connectivity index (χ4n) is 2.21. The Morgan fingerprint density at radius 1 is 1.17 bits per heavy atom. The zero-order chi connectivity index (χ0) is 16.4. The molecule has 0 radical (unpaired) electrons. The highest BCUT2D eigenvalue weighted by molar-refractivity contribution is 7.22. The first-order valence-electron chi connectivity index (χ1n) is 7.46. The summed E-state index contributed by atoms with van der Waals surface area (Å²) in [7, 11) is 0. The molecule has 2 aromatic carbocycles. The maximum Gasteiger partial charge on any atom is 0.257 e. The summed E-state index contributed by atoms with van der Waals surface area (Å²) in [5, 5.41) is 3.46. The molecule has 0 bridgehead atoms. The van der Waals surface area contributed by atoms with Crippen LogP contribution in [0.25, 0.3) is 10.2 Å². The molecule has 1 amide bonds. The molecule has 0 fully saturated rings. The molecule has 3 aromatic rings. The molecule has 118 valence electrons. The molecule has 1 N–H and O–H groups in total. The largest absolute Gasteiger partial charge is 0.491 e. The Kier molecular flexibility index (Phi) is 4.30. The lowest BCUT2D eigenvalue weighted by Crippen LogP contribution is -2.11. The number of rotatable bonds is 4. The van der Waals surface area contributed by atoms with Crippen molar-refractivity contribution < 1.29 is 9.53 Å². The van der Waals surface area contributed by atoms with E-state index >= 15 is 0 Å². The number of benzene rings is 2. The summed E-state index contributed by atoms with van der Waals surface area (Å²) in [6, 6.07) is 13.2. The number of carbonyl (C=O) groups excluding carboxylic acids is 1. The van der Waals surface area contributed by atoms with Gasteiger partial charge in [0.1, 0.15) is 5.75 Å². The third kappa shape index (κ3) is 3.68. The molecule has 0 aliphatic heterocycles. The number of fused-ring (bicyclic) bond motifs is 1. The maximum atomic E-state index is 12.3. The van der Waals surface area contributed by atoms with Crippen LogP contribution in [0.1, 0.15) is 29.8 Å². The summed E-state index contributed by atoms with van der Waals surface area (Å²) in [6.45, 7) is 5.98. The number of nitrogens with zero attached hydrogens (tertiary/aromatic N) is 1. The Morgan fingerprint density at radius 2 is 1.91 bits per heavy atom. The summed E-state index contributed by atoms with van der Waals surface area (Å²) in [4.78, 5) is 16.7. The number of nitrogens with one attached hydrogen (secondary N) is 1. The van der Waals surface area contributed by atoms with Crippen LogP contribution in [0.15, 0.2) is 42.5 Å². The number of thiazole rings is 1. The molecular formula is C18H18N2O2S. The van der Waals surface area contributed by atoms with E-state index in [-0.39, 0.29) is 12.0 Å². The third-order valence-electron chi connectivity index (χ3n) is 3.25. The minimum Gasteiger partial charge on any atom is -0.491 e. The van der Waals surface area contributed by atoms with Crippen molar-refractivity contribution >= 4 is 32.6 Å². The van der Waals surface area contributed by atoms with E-state index in [1.807, 2.05) is 32.9 Å². The van der Waals surface area contributed by atoms with E-state index in [0.29, 0.717) is 10.7 Å². The number of carbonyl (C=O) groups is 1. The van der Waals surface area contributed by atoms with Crippen LogP contribution in [0.5, 0.6) is 5.75 Å². The molecule has 0 saturated carbocycles. The van der Waals surface area contributed by atoms with Crippen LogP contribution in [-0.2, 0) is 0 Å². The molecule has 0 saturated heterocycles. The van der Waals surface area contributed by atoms with Gasteiger partial charge in [-0.15, -0.1) is 0 Å². The van der Waals surface area contributed by atoms with Crippen molar-refractivity contribution in [1.82, 2.24) is 4.98 Å². The van der Waals surface area contributed by atoms with Gasteiger partial charge in [-0.3, -0.25) is 10.1 Å². The van der Waals surface area contributed by atoms with Crippen molar-refractivity contribution in [3.05, 3.63) is 53.6 Å². The zero-order valence-electron chi connectivity index (χ0n) is 13.3. The number of amides is 1. The highest BCUT2D eigenvalue weighted by atomic mass is 32.1. The average molecular weight is 326 g/mol. The van der Waals surface area contributed by atoms with Gasteiger partial charge in [-0.2, -0.15) is 0 Å². The normalized spacial score (nSPS) is 11.0. The monoisotopic (exact) mass is 326 g/mol. The first kappa shape index (κ1) is 15.5. The van der Waals surface area contributed by atoms with E-state index in [2.05, 4.69) is 16.4 Å². The molecule has 0 unspecified atom stereocenters. The van der Waals surface area contributed by atoms with Gasteiger partial charge in [0.2, 0.25) is 0 Å². The van der Waals surface area contributed by atoms with Crippen molar-refractivity contribution in [2.45, 2.75) is 26.9 Å². The predicted molar refractivity (Wildman–Crippen MR) is 94.5 cm³/mol. The van der Waals surface area contributed by atoms with Crippen LogP contribution >= 0.6 is 11.3 Å². The van der Waals surface area contributed by atoms with Crippen LogP contribution in [0, 0.1) is 6.92 Å². The van der Waals surface area contributed by atoms with Crippen molar-refractivity contribution in [2.75, 3.05) is 5.32 Å². The summed E-state index contributed by atoms with van der Waals surface area (Å²) in [5.74, 6) is 0.587. The number of hydrogen-bond acceptors (Lipinski definition) is 4. The molecule has 23 heavy (non-hydrogen) atoms. The van der Waals surface area contributed by atoms with Crippen molar-refractivity contribution in [2.24, 2.45) is 0 Å². The van der Waals surface area contributed by atoms with Crippen LogP contribution < -0.4 is 10.1 Å². The lowest BCUT2D eigenvalue weighted by atomic mass is 10.2. The molecule has 0 aliphatic carbocycles. The Balaban J connectivity index is 1.74. The maximum absolute atomic E-state index is 12.3. The first-order chi connectivity index (χ1) is 11.0. The summed E-state index contributed by atoms with van der Waals surface area (Å²) < 4.78 is 6.65. The van der Waals surface area contributed by atoms with Crippen molar-refractivity contribution in [3.63, 3.8) is 0 Å². The van der Waals surface area contributed by atoms with E-state index in [4.69, 9.17) is 4.74 Å². The van der Waals surface area contributed by atoms with E-state index in [1.54, 1.807) is 24.3 Å². The molecule has 3 rings (SSSR count). The second-order valence-corrected chi connectivity index (χ2v) is 6.67. The topological polar surface area (TPSA) is 51.2 Å². The van der Waals surface area contributed by atoms with Crippen LogP contribution in [0.4, 0.5) is 5.13 Å². The smallest absolute Gasteiger partial charge is 0.257 e. The SMILES string of the molecule is Cc1ccc2nc(NC(=O)c3ccc(OC(C)C)cc3)sc2c1. The fraction of sp³-hybridized carbons (Fsp3) is 0.222. The van der Waals surface area contributed by atoms with Crippen LogP contribution in [0.2, 0.25) is 0 Å². The van der Waals surface area contributed by atoms with E-state index in [9.17, 15) is 4.79 Å². The van der Waals surface area contributed by atoms with Gasteiger partial charge >= 0.3 is 0 Å². The van der Waals surface area contributed by atoms with Gasteiger partial charge in [0.05, 0.1) is 16.3 Å². The van der Waals surface area contributed by atoms with E-state index < -0.39 is 0 Å². The summed E-state index contributed by atoms with van der Waals surface area (Å²) in [5.41, 5.74) is 2.66. The molecule has 1 heterocycles. The fourth-order valence-corrected chi connectivity index (χ4v) is 3.17. The Hall–Kier alpha value is -2.40. The van der Waals surface area contributed by atoms with E-state index in [0.717, 1.165) is 16.0 Å². The van der Waals surface area contributed by atoms with Gasteiger partial charge in [0.15, 0.2) is 5.13 Å². The zero-order valence-corrected chi connectivity index (χ0v) is 14.1. The Labute approximate surface area is 139 Å². The predicted octanol–water partition coefficient (Wildman–Crippen LogP) is 4.64. The van der Waals surface area contributed by atoms with Crippen LogP contribution in [-0.4, -0.2) is 17.0 Å². The van der Waals surface area contributed by atoms with Gasteiger partial charge in [-0.1, -0.05) is 17.4 Å². The van der Waals surface area contributed by atoms with Gasteiger partial charge in [0, 0.05) is 5.56 Å². The standard InChI is InChI=1S/C18H18N2O2S/c1-11(2)22-14-7-5-13(6-8-14)17(21)20-18-19-15-9-4-12(3)10-16(15)23-18/h4-11H,1-3H3,(H,19,20,21). The highest BCUT2D eigenvalue weighted by Crippen LogP contribution is 2.27. The van der Waals surface area contributed by atoms with E-state index in [1.165, 1.54) is 16.9 Å². The Morgan fingerprint density at radius 3 is 2.61 bits per heavy atom. The minimum absolute atomic E-state index is 0.112. The second-order valence-electron chi connectivity index (χ2n) is 5.64. The first-order valence-corrected chi connectivity index (χ1v) is 8.28. The number of anilines is 1. The highest BCUT2D eigenvalue weighted by Gasteiger charge is 2.10. The lowest BCUT2D eigenvalue weighted by Gasteiger charge is -2.09. The number of aryl methyl sites for hydroxylation is 1. The number of ether oxygens (including phenoxy) is 1. The second kappa shape index (κ2) is 6.38. The Bertz CT molecular complexity index is 838. The molecule has 0 spiro atoms. The number of aromatic nitrogens is 1. The van der Waals surface area contributed by atoms with Crippen LogP contribution in [0.3, 0.4) is 0 Å². The molecule has 0 atom stereocenters. The quantitative estimate of drug-likeness (QED) is 0.759. The molecule has 0 aliphatic rings. The van der Waals surface area contributed by atoms with Gasteiger partial charge in [0.25, 0.3) is 5.91 Å². The van der Waals surface area contributed by atoms with Gasteiger partial charge in [-0.25, -0.2) is 4.98 Å². The van der Waals surface area contributed by atoms with Crippen molar-refractivity contribution in [3.8, 4) is 5.75 Å². The van der Waals surface area contributed by atoms with Gasteiger partial charge in [-0.05, 0) is 62.7 Å². The lowest BCUT2D eigenvalue weighted by molar-refractivity contribution is 0.102. The molecule has 5 heteroatoms. The van der Waals surface area contributed by atoms with Gasteiger partial charge < -0.3 is 4.74 Å². The summed E-state index contributed by atoms with van der Waals surface area (Å²) in [6.07, 6.45) is 0.112. The minimum atomic E-state index is -0.170. The molecule has 1 aromatic heterocycles. The molecule has 4 nitrogen and oxygen atoms in total. The van der Waals surface area contributed by atoms with Crippen molar-refractivity contribution in [1.29, 1.82) is 0 Å². The average Bonchev–Trinajstić information content (AvgIpc) is 2.88. The number of hydrogen-bond donors (Lipinski definition) is 1. The third-order valence-corrected chi connectivity index (χ3v) is 4.19.